The number of hydrogen-bond acceptors (Lipinski definition) is 3. The molecule has 2 fully saturated rings. The monoisotopic (exact) mass is 338 g/mol. The van der Waals surface area contributed by atoms with E-state index in [9.17, 15) is 4.79 Å². The van der Waals surface area contributed by atoms with Gasteiger partial charge in [0.1, 0.15) is 5.76 Å². The first-order chi connectivity index (χ1) is 12.3. The number of benzene rings is 1. The highest BCUT2D eigenvalue weighted by atomic mass is 16.4. The Morgan fingerprint density at radius 1 is 1.12 bits per heavy atom. The summed E-state index contributed by atoms with van der Waals surface area (Å²) in [6.45, 7) is 2.81. The Hall–Kier alpha value is -2.10. The van der Waals surface area contributed by atoms with Crippen LogP contribution in [0.3, 0.4) is 0 Å². The highest BCUT2D eigenvalue weighted by Gasteiger charge is 2.36. The van der Waals surface area contributed by atoms with Crippen LogP contribution in [0, 0.1) is 0 Å². The third kappa shape index (κ3) is 3.35. The second-order valence-corrected chi connectivity index (χ2v) is 7.26. The first-order valence-electron chi connectivity index (χ1n) is 9.65. The quantitative estimate of drug-likeness (QED) is 0.769. The second kappa shape index (κ2) is 7.03. The van der Waals surface area contributed by atoms with Crippen molar-refractivity contribution < 1.29 is 9.21 Å². The number of rotatable bonds is 5. The molecule has 0 saturated heterocycles. The van der Waals surface area contributed by atoms with Gasteiger partial charge in [-0.1, -0.05) is 37.5 Å². The van der Waals surface area contributed by atoms with Gasteiger partial charge < -0.3 is 9.32 Å². The van der Waals surface area contributed by atoms with E-state index in [1.807, 2.05) is 35.2 Å². The molecule has 0 aliphatic heterocycles. The minimum atomic E-state index is 0.0576. The average molecular weight is 338 g/mol. The number of oxazole rings is 1. The Kier molecular flexibility index (Phi) is 4.60. The average Bonchev–Trinajstić information content (AvgIpc) is 3.42. The van der Waals surface area contributed by atoms with Crippen LogP contribution in [0.5, 0.6) is 0 Å². The van der Waals surface area contributed by atoms with Crippen molar-refractivity contribution in [2.45, 2.75) is 63.8 Å². The van der Waals surface area contributed by atoms with Crippen LogP contribution in [-0.4, -0.2) is 28.4 Å². The molecule has 4 rings (SSSR count). The standard InChI is InChI=1S/C21H26N2O2/c1-2-23(17-11-7-4-8-12-17)21(24)18-19(15-13-14-15)25-20(22-18)16-9-5-3-6-10-16/h3,5-6,9-10,15,17H,2,4,7-8,11-14H2,1H3. The van der Waals surface area contributed by atoms with Gasteiger partial charge in [0.15, 0.2) is 5.69 Å². The van der Waals surface area contributed by atoms with E-state index in [2.05, 4.69) is 11.9 Å². The Morgan fingerprint density at radius 3 is 2.48 bits per heavy atom. The van der Waals surface area contributed by atoms with E-state index in [0.29, 0.717) is 23.5 Å². The number of aromatic nitrogens is 1. The Bertz CT molecular complexity index is 728. The molecule has 1 aromatic heterocycles. The molecule has 2 aliphatic rings. The van der Waals surface area contributed by atoms with E-state index in [1.54, 1.807) is 0 Å². The predicted octanol–water partition coefficient (Wildman–Crippen LogP) is 5.01. The zero-order valence-electron chi connectivity index (χ0n) is 14.9. The van der Waals surface area contributed by atoms with Gasteiger partial charge in [-0.15, -0.1) is 0 Å². The van der Waals surface area contributed by atoms with Crippen molar-refractivity contribution in [3.8, 4) is 11.5 Å². The maximum atomic E-state index is 13.3. The van der Waals surface area contributed by atoms with Crippen molar-refractivity contribution in [2.75, 3.05) is 6.54 Å². The zero-order chi connectivity index (χ0) is 17.2. The molecule has 1 heterocycles. The van der Waals surface area contributed by atoms with Gasteiger partial charge in [0.05, 0.1) is 0 Å². The highest BCUT2D eigenvalue weighted by molar-refractivity contribution is 5.94. The summed E-state index contributed by atoms with van der Waals surface area (Å²) in [5, 5.41) is 0. The molecule has 132 valence electrons. The molecular weight excluding hydrogens is 312 g/mol. The third-order valence-electron chi connectivity index (χ3n) is 5.44. The molecule has 2 aromatic rings. The largest absolute Gasteiger partial charge is 0.440 e. The van der Waals surface area contributed by atoms with Crippen LogP contribution < -0.4 is 0 Å². The van der Waals surface area contributed by atoms with Gasteiger partial charge in [0.25, 0.3) is 5.91 Å². The maximum Gasteiger partial charge on any atom is 0.276 e. The van der Waals surface area contributed by atoms with Crippen LogP contribution in [0.2, 0.25) is 0 Å². The van der Waals surface area contributed by atoms with Gasteiger partial charge in [-0.05, 0) is 44.7 Å². The van der Waals surface area contributed by atoms with Crippen LogP contribution in [0.25, 0.3) is 11.5 Å². The topological polar surface area (TPSA) is 46.3 Å². The highest BCUT2D eigenvalue weighted by Crippen LogP contribution is 2.43. The van der Waals surface area contributed by atoms with Crippen LogP contribution in [0.4, 0.5) is 0 Å². The summed E-state index contributed by atoms with van der Waals surface area (Å²) in [6.07, 6.45) is 8.15. The molecule has 4 heteroatoms. The van der Waals surface area contributed by atoms with E-state index in [1.165, 1.54) is 19.3 Å². The summed E-state index contributed by atoms with van der Waals surface area (Å²) < 4.78 is 6.07. The molecule has 0 radical (unpaired) electrons. The molecule has 1 aromatic carbocycles. The molecule has 0 unspecified atom stereocenters. The van der Waals surface area contributed by atoms with E-state index >= 15 is 0 Å². The van der Waals surface area contributed by atoms with E-state index in [0.717, 1.165) is 43.6 Å². The van der Waals surface area contributed by atoms with E-state index in [4.69, 9.17) is 4.42 Å². The number of hydrogen-bond donors (Lipinski definition) is 0. The minimum absolute atomic E-state index is 0.0576. The summed E-state index contributed by atoms with van der Waals surface area (Å²) in [5.74, 6) is 1.81. The second-order valence-electron chi connectivity index (χ2n) is 7.26. The van der Waals surface area contributed by atoms with E-state index in [-0.39, 0.29) is 5.91 Å². The lowest BCUT2D eigenvalue weighted by atomic mass is 9.94. The summed E-state index contributed by atoms with van der Waals surface area (Å²) in [4.78, 5) is 19.9. The van der Waals surface area contributed by atoms with Gasteiger partial charge in [0, 0.05) is 24.1 Å². The van der Waals surface area contributed by atoms with Gasteiger partial charge in [-0.3, -0.25) is 4.79 Å². The molecule has 25 heavy (non-hydrogen) atoms. The zero-order valence-corrected chi connectivity index (χ0v) is 14.9. The number of carbonyl (C=O) groups excluding carboxylic acids is 1. The molecule has 1 amide bonds. The van der Waals surface area contributed by atoms with Crippen molar-refractivity contribution in [3.63, 3.8) is 0 Å². The summed E-state index contributed by atoms with van der Waals surface area (Å²) >= 11 is 0. The number of nitrogens with zero attached hydrogens (tertiary/aromatic N) is 2. The summed E-state index contributed by atoms with van der Waals surface area (Å²) in [6, 6.07) is 10.2. The van der Waals surface area contributed by atoms with Gasteiger partial charge in [-0.2, -0.15) is 0 Å². The first kappa shape index (κ1) is 16.4. The maximum absolute atomic E-state index is 13.3. The van der Waals surface area contributed by atoms with Gasteiger partial charge in [0.2, 0.25) is 5.89 Å². The van der Waals surface area contributed by atoms with Crippen LogP contribution in [-0.2, 0) is 0 Å². The predicted molar refractivity (Wildman–Crippen MR) is 97.5 cm³/mol. The van der Waals surface area contributed by atoms with Crippen LogP contribution in [0.1, 0.15) is 74.0 Å². The summed E-state index contributed by atoms with van der Waals surface area (Å²) in [5.41, 5.74) is 1.48. The molecule has 2 aliphatic carbocycles. The third-order valence-corrected chi connectivity index (χ3v) is 5.44. The van der Waals surface area contributed by atoms with Crippen molar-refractivity contribution in [3.05, 3.63) is 41.8 Å². The Morgan fingerprint density at radius 2 is 1.84 bits per heavy atom. The van der Waals surface area contributed by atoms with Crippen molar-refractivity contribution in [1.82, 2.24) is 9.88 Å². The lowest BCUT2D eigenvalue weighted by Gasteiger charge is -2.33. The Labute approximate surface area is 149 Å². The van der Waals surface area contributed by atoms with Crippen molar-refractivity contribution in [1.29, 1.82) is 0 Å². The van der Waals surface area contributed by atoms with E-state index < -0.39 is 0 Å². The smallest absolute Gasteiger partial charge is 0.276 e. The molecule has 0 N–H and O–H groups in total. The molecular formula is C21H26N2O2. The molecule has 4 nitrogen and oxygen atoms in total. The molecule has 0 spiro atoms. The molecule has 2 saturated carbocycles. The SMILES string of the molecule is CCN(C(=O)c1nc(-c2ccccc2)oc1C1CC1)C1CCCCC1. The lowest BCUT2D eigenvalue weighted by Crippen LogP contribution is -2.41. The number of carbonyl (C=O) groups is 1. The fourth-order valence-electron chi connectivity index (χ4n) is 3.91. The van der Waals surface area contributed by atoms with Gasteiger partial charge in [-0.25, -0.2) is 4.98 Å². The van der Waals surface area contributed by atoms with Crippen molar-refractivity contribution in [2.24, 2.45) is 0 Å². The number of amides is 1. The van der Waals surface area contributed by atoms with Crippen LogP contribution >= 0.6 is 0 Å². The molecule has 0 atom stereocenters. The summed E-state index contributed by atoms with van der Waals surface area (Å²) in [7, 11) is 0. The normalized spacial score (nSPS) is 18.3. The Balaban J connectivity index is 1.65. The fraction of sp³-hybridized carbons (Fsp3) is 0.524. The minimum Gasteiger partial charge on any atom is -0.440 e. The van der Waals surface area contributed by atoms with Gasteiger partial charge >= 0.3 is 0 Å². The fourth-order valence-corrected chi connectivity index (χ4v) is 3.91. The van der Waals surface area contributed by atoms with Crippen LogP contribution in [0.15, 0.2) is 34.7 Å². The van der Waals surface area contributed by atoms with Crippen molar-refractivity contribution >= 4 is 5.91 Å². The first-order valence-corrected chi connectivity index (χ1v) is 9.65. The molecule has 0 bridgehead atoms. The lowest BCUT2D eigenvalue weighted by molar-refractivity contribution is 0.0640.